The van der Waals surface area contributed by atoms with Crippen molar-refractivity contribution in [3.63, 3.8) is 0 Å². The summed E-state index contributed by atoms with van der Waals surface area (Å²) in [6.45, 7) is -2.67. The van der Waals surface area contributed by atoms with Crippen molar-refractivity contribution in [2.24, 2.45) is 0 Å². The minimum atomic E-state index is -3.06. The lowest BCUT2D eigenvalue weighted by Crippen LogP contribution is -2.18. The summed E-state index contributed by atoms with van der Waals surface area (Å²) in [5.41, 5.74) is 0.885. The number of halogens is 2. The van der Waals surface area contributed by atoms with E-state index in [1.54, 1.807) is 30.4 Å². The zero-order valence-electron chi connectivity index (χ0n) is 11.6. The van der Waals surface area contributed by atoms with Gasteiger partial charge in [-0.15, -0.1) is 0 Å². The van der Waals surface area contributed by atoms with Crippen LogP contribution >= 0.6 is 0 Å². The predicted molar refractivity (Wildman–Crippen MR) is 76.1 cm³/mol. The molecule has 6 nitrogen and oxygen atoms in total. The third-order valence-electron chi connectivity index (χ3n) is 2.92. The zero-order valence-corrected chi connectivity index (χ0v) is 11.6. The average molecular weight is 309 g/mol. The van der Waals surface area contributed by atoms with Gasteiger partial charge in [0.05, 0.1) is 16.7 Å². The number of aromatic nitrogens is 1. The molecule has 1 aromatic carbocycles. The maximum absolute atomic E-state index is 12.5. The highest BCUT2D eigenvalue weighted by Crippen LogP contribution is 2.33. The Kier molecular flexibility index (Phi) is 4.82. The van der Waals surface area contributed by atoms with Gasteiger partial charge in [0.2, 0.25) is 0 Å². The van der Waals surface area contributed by atoms with E-state index in [0.717, 1.165) is 11.6 Å². The number of nitro groups is 1. The van der Waals surface area contributed by atoms with E-state index in [1.807, 2.05) is 6.07 Å². The Hall–Kier alpha value is -2.77. The fourth-order valence-corrected chi connectivity index (χ4v) is 1.97. The topological polar surface area (TPSA) is 68.5 Å². The molecular formula is C14H13F2N3O3. The summed E-state index contributed by atoms with van der Waals surface area (Å²) >= 11 is 0. The van der Waals surface area contributed by atoms with Crippen molar-refractivity contribution in [1.29, 1.82) is 0 Å². The van der Waals surface area contributed by atoms with Gasteiger partial charge in [-0.05, 0) is 17.7 Å². The van der Waals surface area contributed by atoms with E-state index in [1.165, 1.54) is 12.1 Å². The lowest BCUT2D eigenvalue weighted by Gasteiger charge is -2.22. The molecule has 0 saturated carbocycles. The van der Waals surface area contributed by atoms with Gasteiger partial charge in [0, 0.05) is 32.1 Å². The van der Waals surface area contributed by atoms with Crippen LogP contribution in [0.15, 0.2) is 42.7 Å². The van der Waals surface area contributed by atoms with Crippen molar-refractivity contribution in [3.05, 3.63) is 58.4 Å². The van der Waals surface area contributed by atoms with E-state index in [-0.39, 0.29) is 11.4 Å². The Bertz CT molecular complexity index is 653. The molecule has 0 aliphatic carbocycles. The van der Waals surface area contributed by atoms with Crippen LogP contribution in [-0.4, -0.2) is 23.6 Å². The maximum atomic E-state index is 12.5. The second kappa shape index (κ2) is 6.79. The van der Waals surface area contributed by atoms with Crippen LogP contribution in [0.3, 0.4) is 0 Å². The molecule has 22 heavy (non-hydrogen) atoms. The molecule has 8 heteroatoms. The van der Waals surface area contributed by atoms with E-state index < -0.39 is 11.5 Å². The van der Waals surface area contributed by atoms with Gasteiger partial charge in [-0.3, -0.25) is 15.1 Å². The lowest BCUT2D eigenvalue weighted by atomic mass is 10.2. The molecule has 0 aliphatic rings. The Balaban J connectivity index is 2.29. The molecular weight excluding hydrogens is 296 g/mol. The van der Waals surface area contributed by atoms with Gasteiger partial charge < -0.3 is 9.64 Å². The van der Waals surface area contributed by atoms with Crippen LogP contribution in [-0.2, 0) is 6.54 Å². The summed E-state index contributed by atoms with van der Waals surface area (Å²) in [5.74, 6) is -0.240. The molecule has 0 aliphatic heterocycles. The number of anilines is 1. The van der Waals surface area contributed by atoms with E-state index in [2.05, 4.69) is 9.72 Å². The first-order valence-electron chi connectivity index (χ1n) is 6.30. The summed E-state index contributed by atoms with van der Waals surface area (Å²) in [4.78, 5) is 15.7. The Morgan fingerprint density at radius 2 is 2.18 bits per heavy atom. The van der Waals surface area contributed by atoms with Crippen molar-refractivity contribution >= 4 is 11.4 Å². The van der Waals surface area contributed by atoms with Crippen LogP contribution in [0, 0.1) is 10.1 Å². The average Bonchev–Trinajstić information content (AvgIpc) is 2.47. The molecule has 0 unspecified atom stereocenters. The number of hydrogen-bond donors (Lipinski definition) is 0. The first kappa shape index (κ1) is 15.6. The second-order valence-corrected chi connectivity index (χ2v) is 4.50. The molecule has 0 atom stereocenters. The summed E-state index contributed by atoms with van der Waals surface area (Å²) in [6.07, 6.45) is 3.27. The molecule has 0 bridgehead atoms. The van der Waals surface area contributed by atoms with Crippen molar-refractivity contribution in [3.8, 4) is 5.75 Å². The van der Waals surface area contributed by atoms with Crippen molar-refractivity contribution < 1.29 is 18.4 Å². The highest BCUT2D eigenvalue weighted by atomic mass is 19.3. The molecule has 2 rings (SSSR count). The SMILES string of the molecule is CN(Cc1cccnc1)c1ccc([N+](=O)[O-])cc1OC(F)F. The fourth-order valence-electron chi connectivity index (χ4n) is 1.97. The first-order chi connectivity index (χ1) is 10.5. The molecule has 0 amide bonds. The fraction of sp³-hybridized carbons (Fsp3) is 0.214. The summed E-state index contributed by atoms with van der Waals surface area (Å²) < 4.78 is 29.4. The Labute approximate surface area is 125 Å². The van der Waals surface area contributed by atoms with Crippen LogP contribution in [0.5, 0.6) is 5.75 Å². The zero-order chi connectivity index (χ0) is 16.1. The van der Waals surface area contributed by atoms with Gasteiger partial charge in [0.15, 0.2) is 5.75 Å². The molecule has 0 N–H and O–H groups in total. The van der Waals surface area contributed by atoms with Gasteiger partial charge in [0.25, 0.3) is 5.69 Å². The second-order valence-electron chi connectivity index (χ2n) is 4.50. The number of nitro benzene ring substituents is 1. The minimum Gasteiger partial charge on any atom is -0.432 e. The van der Waals surface area contributed by atoms with Crippen LogP contribution in [0.1, 0.15) is 5.56 Å². The van der Waals surface area contributed by atoms with Crippen molar-refractivity contribution in [1.82, 2.24) is 4.98 Å². The number of nitrogens with zero attached hydrogens (tertiary/aromatic N) is 3. The number of hydrogen-bond acceptors (Lipinski definition) is 5. The summed E-state index contributed by atoms with van der Waals surface area (Å²) in [6, 6.07) is 7.21. The minimum absolute atomic E-state index is 0.240. The first-order valence-corrected chi connectivity index (χ1v) is 6.30. The van der Waals surface area contributed by atoms with Gasteiger partial charge in [0.1, 0.15) is 0 Å². The molecule has 0 saturated heterocycles. The summed E-state index contributed by atoms with van der Waals surface area (Å²) in [7, 11) is 1.67. The standard InChI is InChI=1S/C14H13F2N3O3/c1-18(9-10-3-2-6-17-8-10)12-5-4-11(19(20)21)7-13(12)22-14(15)16/h2-8,14H,9H2,1H3. The van der Waals surface area contributed by atoms with Crippen LogP contribution in [0.25, 0.3) is 0 Å². The molecule has 116 valence electrons. The van der Waals surface area contributed by atoms with Crippen molar-refractivity contribution in [2.75, 3.05) is 11.9 Å². The molecule has 1 heterocycles. The molecule has 0 fully saturated rings. The van der Waals surface area contributed by atoms with E-state index in [4.69, 9.17) is 0 Å². The molecule has 1 aromatic heterocycles. The Morgan fingerprint density at radius 1 is 1.41 bits per heavy atom. The molecule has 2 aromatic rings. The van der Waals surface area contributed by atoms with E-state index >= 15 is 0 Å². The Morgan fingerprint density at radius 3 is 2.77 bits per heavy atom. The number of benzene rings is 1. The number of rotatable bonds is 6. The maximum Gasteiger partial charge on any atom is 0.387 e. The molecule has 0 spiro atoms. The van der Waals surface area contributed by atoms with Gasteiger partial charge in [-0.25, -0.2) is 0 Å². The molecule has 0 radical (unpaired) electrons. The van der Waals surface area contributed by atoms with Gasteiger partial charge in [-0.1, -0.05) is 6.07 Å². The predicted octanol–water partition coefficient (Wildman–Crippen LogP) is 3.23. The van der Waals surface area contributed by atoms with Crippen LogP contribution in [0.4, 0.5) is 20.2 Å². The van der Waals surface area contributed by atoms with E-state index in [0.29, 0.717) is 12.2 Å². The van der Waals surface area contributed by atoms with Crippen LogP contribution < -0.4 is 9.64 Å². The smallest absolute Gasteiger partial charge is 0.387 e. The summed E-state index contributed by atoms with van der Waals surface area (Å²) in [5, 5.41) is 10.8. The normalized spacial score (nSPS) is 10.5. The number of alkyl halides is 2. The van der Waals surface area contributed by atoms with Gasteiger partial charge in [-0.2, -0.15) is 8.78 Å². The lowest BCUT2D eigenvalue weighted by molar-refractivity contribution is -0.385. The van der Waals surface area contributed by atoms with Crippen molar-refractivity contribution in [2.45, 2.75) is 13.2 Å². The monoisotopic (exact) mass is 309 g/mol. The quantitative estimate of drug-likeness (QED) is 0.605. The third kappa shape index (κ3) is 3.87. The number of ether oxygens (including phenoxy) is 1. The number of non-ortho nitro benzene ring substituents is 1. The number of pyridine rings is 1. The van der Waals surface area contributed by atoms with E-state index in [9.17, 15) is 18.9 Å². The largest absolute Gasteiger partial charge is 0.432 e. The third-order valence-corrected chi connectivity index (χ3v) is 2.92. The highest BCUT2D eigenvalue weighted by molar-refractivity contribution is 5.62. The highest BCUT2D eigenvalue weighted by Gasteiger charge is 2.18. The van der Waals surface area contributed by atoms with Crippen LogP contribution in [0.2, 0.25) is 0 Å². The van der Waals surface area contributed by atoms with Gasteiger partial charge >= 0.3 is 6.61 Å².